The van der Waals surface area contributed by atoms with Crippen molar-refractivity contribution < 1.29 is 9.15 Å². The molecule has 0 unspecified atom stereocenters. The Morgan fingerprint density at radius 2 is 1.94 bits per heavy atom. The summed E-state index contributed by atoms with van der Waals surface area (Å²) in [4.78, 5) is 4.17. The van der Waals surface area contributed by atoms with Gasteiger partial charge in [-0.2, -0.15) is 0 Å². The van der Waals surface area contributed by atoms with Crippen LogP contribution in [0.15, 0.2) is 57.7 Å². The van der Waals surface area contributed by atoms with Crippen LogP contribution in [0.1, 0.15) is 5.56 Å². The van der Waals surface area contributed by atoms with Crippen LogP contribution in [-0.2, 0) is 6.61 Å². The van der Waals surface area contributed by atoms with Gasteiger partial charge in [-0.25, -0.2) is 4.98 Å². The Hall–Kier alpha value is -1.81. The summed E-state index contributed by atoms with van der Waals surface area (Å²) in [6.45, 7) is 0.518. The summed E-state index contributed by atoms with van der Waals surface area (Å²) < 4.78 is 12.0. The Balaban J connectivity index is 1.87. The summed E-state index contributed by atoms with van der Waals surface area (Å²) in [5.74, 6) is 0.728. The molecular weight excluding hydrogens is 294 g/mol. The molecule has 0 fully saturated rings. The molecule has 1 aromatic heterocycles. The van der Waals surface area contributed by atoms with E-state index in [9.17, 15) is 0 Å². The molecule has 3 nitrogen and oxygen atoms in total. The van der Waals surface area contributed by atoms with Crippen LogP contribution in [0.3, 0.4) is 0 Å². The molecule has 3 aromatic rings. The minimum absolute atomic E-state index is 0.518. The van der Waals surface area contributed by atoms with Gasteiger partial charge in [0.05, 0.1) is 4.47 Å². The van der Waals surface area contributed by atoms with E-state index < -0.39 is 0 Å². The van der Waals surface area contributed by atoms with Gasteiger partial charge in [0.15, 0.2) is 17.5 Å². The van der Waals surface area contributed by atoms with Crippen LogP contribution in [0.25, 0.3) is 11.1 Å². The molecule has 4 heteroatoms. The number of fused-ring (bicyclic) bond motifs is 1. The summed E-state index contributed by atoms with van der Waals surface area (Å²) in [6.07, 6.45) is 1.42. The summed E-state index contributed by atoms with van der Waals surface area (Å²) in [6, 6.07) is 13.8. The smallest absolute Gasteiger partial charge is 0.182 e. The third-order valence-corrected chi connectivity index (χ3v) is 3.26. The third kappa shape index (κ3) is 2.11. The van der Waals surface area contributed by atoms with E-state index in [1.807, 2.05) is 42.5 Å². The normalized spacial score (nSPS) is 10.7. The molecule has 0 saturated carbocycles. The number of aromatic nitrogens is 1. The SMILES string of the molecule is Brc1ccc(OCc2ccccc2)c2ncoc12. The molecule has 18 heavy (non-hydrogen) atoms. The van der Waals surface area contributed by atoms with Crippen LogP contribution in [-0.4, -0.2) is 4.98 Å². The summed E-state index contributed by atoms with van der Waals surface area (Å²) in [7, 11) is 0. The van der Waals surface area contributed by atoms with E-state index in [-0.39, 0.29) is 0 Å². The molecule has 0 radical (unpaired) electrons. The number of ether oxygens (including phenoxy) is 1. The molecule has 0 spiro atoms. The predicted molar refractivity (Wildman–Crippen MR) is 72.5 cm³/mol. The average Bonchev–Trinajstić information content (AvgIpc) is 2.90. The second-order valence-corrected chi connectivity index (χ2v) is 4.70. The third-order valence-electron chi connectivity index (χ3n) is 2.64. The Labute approximate surface area is 113 Å². The van der Waals surface area contributed by atoms with Crippen molar-refractivity contribution in [2.45, 2.75) is 6.61 Å². The lowest BCUT2D eigenvalue weighted by Gasteiger charge is -2.06. The fourth-order valence-electron chi connectivity index (χ4n) is 1.75. The van der Waals surface area contributed by atoms with Gasteiger partial charge in [-0.05, 0) is 33.6 Å². The molecule has 0 N–H and O–H groups in total. The molecular formula is C14H10BrNO2. The lowest BCUT2D eigenvalue weighted by molar-refractivity contribution is 0.309. The van der Waals surface area contributed by atoms with Gasteiger partial charge in [0, 0.05) is 0 Å². The maximum atomic E-state index is 5.78. The van der Waals surface area contributed by atoms with Crippen molar-refractivity contribution >= 4 is 27.0 Å². The molecule has 0 saturated heterocycles. The van der Waals surface area contributed by atoms with Crippen molar-refractivity contribution in [3.8, 4) is 5.75 Å². The monoisotopic (exact) mass is 303 g/mol. The first kappa shape index (κ1) is 11.3. The molecule has 90 valence electrons. The Morgan fingerprint density at radius 3 is 2.78 bits per heavy atom. The zero-order valence-corrected chi connectivity index (χ0v) is 11.1. The van der Waals surface area contributed by atoms with Crippen molar-refractivity contribution in [2.24, 2.45) is 0 Å². The molecule has 3 rings (SSSR count). The van der Waals surface area contributed by atoms with Gasteiger partial charge < -0.3 is 9.15 Å². The largest absolute Gasteiger partial charge is 0.486 e. The van der Waals surface area contributed by atoms with Crippen LogP contribution in [0, 0.1) is 0 Å². The molecule has 0 aliphatic rings. The number of hydrogen-bond acceptors (Lipinski definition) is 3. The first-order valence-electron chi connectivity index (χ1n) is 5.53. The second kappa shape index (κ2) is 4.82. The van der Waals surface area contributed by atoms with Crippen LogP contribution >= 0.6 is 15.9 Å². The summed E-state index contributed by atoms with van der Waals surface area (Å²) >= 11 is 3.42. The van der Waals surface area contributed by atoms with Gasteiger partial charge in [0.1, 0.15) is 12.4 Å². The average molecular weight is 304 g/mol. The van der Waals surface area contributed by atoms with Crippen molar-refractivity contribution in [3.05, 3.63) is 58.9 Å². The Kier molecular flexibility index (Phi) is 3.02. The first-order valence-corrected chi connectivity index (χ1v) is 6.32. The minimum Gasteiger partial charge on any atom is -0.486 e. The van der Waals surface area contributed by atoms with Gasteiger partial charge in [0.2, 0.25) is 0 Å². The molecule has 0 atom stereocenters. The van der Waals surface area contributed by atoms with Crippen LogP contribution in [0.4, 0.5) is 0 Å². The van der Waals surface area contributed by atoms with E-state index in [1.54, 1.807) is 0 Å². The number of rotatable bonds is 3. The molecule has 0 aliphatic carbocycles. The van der Waals surface area contributed by atoms with Gasteiger partial charge in [-0.1, -0.05) is 30.3 Å². The fourth-order valence-corrected chi connectivity index (χ4v) is 2.16. The highest BCUT2D eigenvalue weighted by Gasteiger charge is 2.09. The fraction of sp³-hybridized carbons (Fsp3) is 0.0714. The Morgan fingerprint density at radius 1 is 1.11 bits per heavy atom. The second-order valence-electron chi connectivity index (χ2n) is 3.85. The van der Waals surface area contributed by atoms with Crippen molar-refractivity contribution in [3.63, 3.8) is 0 Å². The van der Waals surface area contributed by atoms with E-state index >= 15 is 0 Å². The van der Waals surface area contributed by atoms with E-state index in [1.165, 1.54) is 6.39 Å². The van der Waals surface area contributed by atoms with Gasteiger partial charge in [-0.15, -0.1) is 0 Å². The van der Waals surface area contributed by atoms with E-state index in [2.05, 4.69) is 20.9 Å². The quantitative estimate of drug-likeness (QED) is 0.728. The first-order chi connectivity index (χ1) is 8.84. The lowest BCUT2D eigenvalue weighted by atomic mass is 10.2. The standard InChI is InChI=1S/C14H10BrNO2/c15-11-6-7-12(13-14(11)18-9-16-13)17-8-10-4-2-1-3-5-10/h1-7,9H,8H2. The molecule has 0 aliphatic heterocycles. The molecule has 1 heterocycles. The molecule has 2 aromatic carbocycles. The lowest BCUT2D eigenvalue weighted by Crippen LogP contribution is -1.95. The van der Waals surface area contributed by atoms with E-state index in [4.69, 9.17) is 9.15 Å². The maximum Gasteiger partial charge on any atom is 0.182 e. The van der Waals surface area contributed by atoms with Gasteiger partial charge >= 0.3 is 0 Å². The zero-order valence-electron chi connectivity index (χ0n) is 9.47. The van der Waals surface area contributed by atoms with Crippen LogP contribution in [0.2, 0.25) is 0 Å². The van der Waals surface area contributed by atoms with Gasteiger partial charge in [-0.3, -0.25) is 0 Å². The van der Waals surface area contributed by atoms with Crippen LogP contribution < -0.4 is 4.74 Å². The summed E-state index contributed by atoms with van der Waals surface area (Å²) in [5.41, 5.74) is 2.57. The number of nitrogens with zero attached hydrogens (tertiary/aromatic N) is 1. The number of benzene rings is 2. The van der Waals surface area contributed by atoms with Crippen molar-refractivity contribution in [1.29, 1.82) is 0 Å². The number of hydrogen-bond donors (Lipinski definition) is 0. The van der Waals surface area contributed by atoms with Crippen molar-refractivity contribution in [1.82, 2.24) is 4.98 Å². The number of oxazole rings is 1. The van der Waals surface area contributed by atoms with Crippen LogP contribution in [0.5, 0.6) is 5.75 Å². The maximum absolute atomic E-state index is 5.78. The highest BCUT2D eigenvalue weighted by Crippen LogP contribution is 2.30. The molecule has 0 amide bonds. The number of halogens is 1. The zero-order chi connectivity index (χ0) is 12.4. The van der Waals surface area contributed by atoms with Crippen molar-refractivity contribution in [2.75, 3.05) is 0 Å². The van der Waals surface area contributed by atoms with E-state index in [0.29, 0.717) is 12.2 Å². The van der Waals surface area contributed by atoms with Gasteiger partial charge in [0.25, 0.3) is 0 Å². The van der Waals surface area contributed by atoms with E-state index in [0.717, 1.165) is 21.3 Å². The molecule has 0 bridgehead atoms. The highest BCUT2D eigenvalue weighted by molar-refractivity contribution is 9.10. The Bertz CT molecular complexity index is 664. The predicted octanol–water partition coefficient (Wildman–Crippen LogP) is 4.17. The topological polar surface area (TPSA) is 35.3 Å². The minimum atomic E-state index is 0.518. The highest BCUT2D eigenvalue weighted by atomic mass is 79.9. The summed E-state index contributed by atoms with van der Waals surface area (Å²) in [5, 5.41) is 0.